The van der Waals surface area contributed by atoms with Gasteiger partial charge in [0.1, 0.15) is 12.3 Å². The first-order chi connectivity index (χ1) is 12.4. The van der Waals surface area contributed by atoms with Crippen LogP contribution in [0.3, 0.4) is 0 Å². The highest BCUT2D eigenvalue weighted by Gasteiger charge is 2.27. The lowest BCUT2D eigenvalue weighted by Crippen LogP contribution is -2.40. The second kappa shape index (κ2) is 8.73. The minimum Gasteiger partial charge on any atom is -0.497 e. The summed E-state index contributed by atoms with van der Waals surface area (Å²) in [5.41, 5.74) is 0.332. The average molecular weight is 395 g/mol. The first-order valence-electron chi connectivity index (χ1n) is 7.68. The fourth-order valence-electron chi connectivity index (χ4n) is 2.17. The number of methoxy groups -OCH3 is 1. The van der Waals surface area contributed by atoms with Gasteiger partial charge in [0, 0.05) is 11.6 Å². The summed E-state index contributed by atoms with van der Waals surface area (Å²) in [6, 6.07) is 12.2. The zero-order chi connectivity index (χ0) is 19.2. The van der Waals surface area contributed by atoms with Crippen molar-refractivity contribution in [3.05, 3.63) is 66.2 Å². The number of rotatable bonds is 8. The maximum absolute atomic E-state index is 13.1. The Hall–Kier alpha value is -2.51. The highest BCUT2D eigenvalue weighted by atomic mass is 35.5. The standard InChI is InChI=1S/C18H19ClN2O4S/c1-3-12-20-18(22)13-21(15-6-4-14(19)5-7-15)26(23,24)17-10-8-16(25-2)9-11-17/h3-11H,1,12-13H2,2H3,(H,20,22). The van der Waals surface area contributed by atoms with Crippen LogP contribution in [0, 0.1) is 0 Å². The number of amides is 1. The van der Waals surface area contributed by atoms with Crippen molar-refractivity contribution < 1.29 is 17.9 Å². The molecule has 0 saturated heterocycles. The van der Waals surface area contributed by atoms with Crippen LogP contribution in [0.15, 0.2) is 66.1 Å². The number of anilines is 1. The summed E-state index contributed by atoms with van der Waals surface area (Å²) >= 11 is 5.88. The van der Waals surface area contributed by atoms with Gasteiger partial charge in [-0.3, -0.25) is 9.10 Å². The van der Waals surface area contributed by atoms with Gasteiger partial charge in [0.15, 0.2) is 0 Å². The summed E-state index contributed by atoms with van der Waals surface area (Å²) in [6.45, 7) is 3.39. The fraction of sp³-hybridized carbons (Fsp3) is 0.167. The third-order valence-electron chi connectivity index (χ3n) is 3.49. The van der Waals surface area contributed by atoms with Gasteiger partial charge >= 0.3 is 0 Å². The van der Waals surface area contributed by atoms with E-state index in [2.05, 4.69) is 11.9 Å². The van der Waals surface area contributed by atoms with Gasteiger partial charge in [-0.15, -0.1) is 6.58 Å². The number of halogens is 1. The van der Waals surface area contributed by atoms with Gasteiger partial charge in [-0.2, -0.15) is 0 Å². The topological polar surface area (TPSA) is 75.7 Å². The van der Waals surface area contributed by atoms with Crippen molar-refractivity contribution in [1.82, 2.24) is 5.32 Å². The SMILES string of the molecule is C=CCNC(=O)CN(c1ccc(Cl)cc1)S(=O)(=O)c1ccc(OC)cc1. The van der Waals surface area contributed by atoms with Crippen LogP contribution in [0.4, 0.5) is 5.69 Å². The molecule has 0 aliphatic carbocycles. The van der Waals surface area contributed by atoms with Crippen LogP contribution in [0.5, 0.6) is 5.75 Å². The second-order valence-electron chi connectivity index (χ2n) is 5.26. The zero-order valence-corrected chi connectivity index (χ0v) is 15.8. The molecular weight excluding hydrogens is 376 g/mol. The van der Waals surface area contributed by atoms with Crippen LogP contribution in [-0.4, -0.2) is 34.5 Å². The molecule has 2 rings (SSSR count). The van der Waals surface area contributed by atoms with E-state index < -0.39 is 15.9 Å². The van der Waals surface area contributed by atoms with Crippen molar-refractivity contribution in [3.63, 3.8) is 0 Å². The van der Waals surface area contributed by atoms with E-state index >= 15 is 0 Å². The fourth-order valence-corrected chi connectivity index (χ4v) is 3.72. The molecule has 0 atom stereocenters. The van der Waals surface area contributed by atoms with E-state index in [0.29, 0.717) is 16.5 Å². The van der Waals surface area contributed by atoms with Crippen molar-refractivity contribution >= 4 is 33.2 Å². The molecule has 2 aromatic rings. The third-order valence-corrected chi connectivity index (χ3v) is 5.53. The lowest BCUT2D eigenvalue weighted by atomic mass is 10.3. The van der Waals surface area contributed by atoms with Crippen LogP contribution in [0.1, 0.15) is 0 Å². The van der Waals surface area contributed by atoms with E-state index in [9.17, 15) is 13.2 Å². The lowest BCUT2D eigenvalue weighted by molar-refractivity contribution is -0.119. The number of sulfonamides is 1. The van der Waals surface area contributed by atoms with E-state index in [0.717, 1.165) is 4.31 Å². The molecule has 8 heteroatoms. The lowest BCUT2D eigenvalue weighted by Gasteiger charge is -2.24. The van der Waals surface area contributed by atoms with Crippen molar-refractivity contribution in [1.29, 1.82) is 0 Å². The molecule has 1 N–H and O–H groups in total. The quantitative estimate of drug-likeness (QED) is 0.698. The largest absolute Gasteiger partial charge is 0.497 e. The Bertz CT molecular complexity index is 865. The number of hydrogen-bond donors (Lipinski definition) is 1. The predicted octanol–water partition coefficient (Wildman–Crippen LogP) is 2.85. The van der Waals surface area contributed by atoms with E-state index in [1.807, 2.05) is 0 Å². The molecule has 2 aromatic carbocycles. The summed E-state index contributed by atoms with van der Waals surface area (Å²) < 4.78 is 32.2. The molecule has 0 spiro atoms. The predicted molar refractivity (Wildman–Crippen MR) is 102 cm³/mol. The van der Waals surface area contributed by atoms with E-state index in [-0.39, 0.29) is 18.0 Å². The Morgan fingerprint density at radius 3 is 2.35 bits per heavy atom. The van der Waals surface area contributed by atoms with Gasteiger partial charge < -0.3 is 10.1 Å². The summed E-state index contributed by atoms with van der Waals surface area (Å²) in [5, 5.41) is 3.04. The number of hydrogen-bond acceptors (Lipinski definition) is 4. The van der Waals surface area contributed by atoms with Crippen molar-refractivity contribution in [2.45, 2.75) is 4.90 Å². The molecule has 0 fully saturated rings. The number of nitrogens with one attached hydrogen (secondary N) is 1. The second-order valence-corrected chi connectivity index (χ2v) is 7.56. The van der Waals surface area contributed by atoms with E-state index in [1.54, 1.807) is 36.4 Å². The molecule has 0 radical (unpaired) electrons. The highest BCUT2D eigenvalue weighted by Crippen LogP contribution is 2.26. The monoisotopic (exact) mass is 394 g/mol. The Kier molecular flexibility index (Phi) is 6.65. The Labute approximate surface area is 158 Å². The molecule has 0 aliphatic heterocycles. The molecule has 6 nitrogen and oxygen atoms in total. The van der Waals surface area contributed by atoms with Crippen molar-refractivity contribution in [2.75, 3.05) is 24.5 Å². The van der Waals surface area contributed by atoms with Crippen molar-refractivity contribution in [3.8, 4) is 5.75 Å². The molecule has 0 heterocycles. The first kappa shape index (κ1) is 19.8. The average Bonchev–Trinajstić information content (AvgIpc) is 2.65. The number of carbonyl (C=O) groups is 1. The van der Waals surface area contributed by atoms with Gasteiger partial charge in [-0.05, 0) is 48.5 Å². The number of ether oxygens (including phenoxy) is 1. The smallest absolute Gasteiger partial charge is 0.264 e. The van der Waals surface area contributed by atoms with Crippen LogP contribution >= 0.6 is 11.6 Å². The minimum absolute atomic E-state index is 0.0461. The van der Waals surface area contributed by atoms with Gasteiger partial charge in [0.05, 0.1) is 17.7 Å². The van der Waals surface area contributed by atoms with Gasteiger partial charge in [0.25, 0.3) is 10.0 Å². The zero-order valence-electron chi connectivity index (χ0n) is 14.2. The Morgan fingerprint density at radius 1 is 1.19 bits per heavy atom. The van der Waals surface area contributed by atoms with Crippen LogP contribution in [0.2, 0.25) is 5.02 Å². The molecule has 0 unspecified atom stereocenters. The van der Waals surface area contributed by atoms with Crippen LogP contribution in [0.25, 0.3) is 0 Å². The molecule has 0 aliphatic rings. The highest BCUT2D eigenvalue weighted by molar-refractivity contribution is 7.92. The summed E-state index contributed by atoms with van der Waals surface area (Å²) in [6.07, 6.45) is 1.52. The molecule has 138 valence electrons. The normalized spacial score (nSPS) is 10.8. The maximum atomic E-state index is 13.1. The molecule has 0 saturated carbocycles. The number of carbonyl (C=O) groups excluding carboxylic acids is 1. The molecule has 0 bridgehead atoms. The van der Waals surface area contributed by atoms with Crippen LogP contribution in [-0.2, 0) is 14.8 Å². The molecular formula is C18H19ClN2O4S. The number of nitrogens with zero attached hydrogens (tertiary/aromatic N) is 1. The van der Waals surface area contributed by atoms with Crippen molar-refractivity contribution in [2.24, 2.45) is 0 Å². The molecule has 1 amide bonds. The Balaban J connectivity index is 2.41. The molecule has 0 aromatic heterocycles. The van der Waals surface area contributed by atoms with Crippen LogP contribution < -0.4 is 14.4 Å². The van der Waals surface area contributed by atoms with Gasteiger partial charge in [0.2, 0.25) is 5.91 Å². The van der Waals surface area contributed by atoms with E-state index in [1.165, 1.54) is 25.3 Å². The summed E-state index contributed by atoms with van der Waals surface area (Å²) in [7, 11) is -2.47. The summed E-state index contributed by atoms with van der Waals surface area (Å²) in [5.74, 6) is 0.0858. The van der Waals surface area contributed by atoms with Gasteiger partial charge in [-0.1, -0.05) is 17.7 Å². The van der Waals surface area contributed by atoms with E-state index in [4.69, 9.17) is 16.3 Å². The first-order valence-corrected chi connectivity index (χ1v) is 9.50. The molecule has 26 heavy (non-hydrogen) atoms. The summed E-state index contributed by atoms with van der Waals surface area (Å²) in [4.78, 5) is 12.2. The minimum atomic E-state index is -3.96. The number of benzene rings is 2. The maximum Gasteiger partial charge on any atom is 0.264 e. The van der Waals surface area contributed by atoms with Gasteiger partial charge in [-0.25, -0.2) is 8.42 Å². The third kappa shape index (κ3) is 4.77. The Morgan fingerprint density at radius 2 is 1.81 bits per heavy atom.